The molecule has 31 heavy (non-hydrogen) atoms. The van der Waals surface area contributed by atoms with Crippen molar-refractivity contribution < 1.29 is 9.59 Å². The van der Waals surface area contributed by atoms with Crippen molar-refractivity contribution in [1.82, 2.24) is 15.1 Å². The van der Waals surface area contributed by atoms with Crippen molar-refractivity contribution in [2.75, 3.05) is 51.6 Å². The topological polar surface area (TPSA) is 64.7 Å². The second-order valence-electron chi connectivity index (χ2n) is 7.94. The average Bonchev–Trinajstić information content (AvgIpc) is 2.79. The second-order valence-corrected chi connectivity index (χ2v) is 9.02. The van der Waals surface area contributed by atoms with E-state index in [1.807, 2.05) is 54.6 Å². The van der Waals surface area contributed by atoms with E-state index in [4.69, 9.17) is 0 Å². The van der Waals surface area contributed by atoms with E-state index in [-0.39, 0.29) is 11.8 Å². The zero-order valence-corrected chi connectivity index (χ0v) is 18.6. The summed E-state index contributed by atoms with van der Waals surface area (Å²) in [5.74, 6) is -0.165. The molecule has 0 aromatic heterocycles. The number of benzene rings is 2. The SMILES string of the molecule is CN1CCN(CCCNC(=O)c2ccc(/C=C3/Sc4ccccc4NC3=O)cc2)CC1. The average molecular weight is 437 g/mol. The number of amides is 2. The first kappa shape index (κ1) is 21.6. The Morgan fingerprint density at radius 2 is 1.84 bits per heavy atom. The van der Waals surface area contributed by atoms with Gasteiger partial charge in [0.05, 0.1) is 10.6 Å². The summed E-state index contributed by atoms with van der Waals surface area (Å²) in [7, 11) is 2.15. The van der Waals surface area contributed by atoms with Crippen molar-refractivity contribution in [1.29, 1.82) is 0 Å². The highest BCUT2D eigenvalue weighted by Crippen LogP contribution is 2.38. The number of likely N-dealkylation sites (N-methyl/N-ethyl adjacent to an activating group) is 1. The molecule has 0 atom stereocenters. The number of nitrogens with zero attached hydrogens (tertiary/aromatic N) is 2. The molecule has 2 aromatic carbocycles. The Morgan fingerprint density at radius 3 is 2.61 bits per heavy atom. The number of thioether (sulfide) groups is 1. The molecule has 0 aliphatic carbocycles. The number of hydrogen-bond acceptors (Lipinski definition) is 5. The minimum absolute atomic E-state index is 0.0590. The van der Waals surface area contributed by atoms with Crippen LogP contribution in [-0.2, 0) is 4.79 Å². The van der Waals surface area contributed by atoms with Gasteiger partial charge in [-0.2, -0.15) is 0 Å². The van der Waals surface area contributed by atoms with Crippen LogP contribution in [0.3, 0.4) is 0 Å². The van der Waals surface area contributed by atoms with Gasteiger partial charge in [-0.1, -0.05) is 36.0 Å². The van der Waals surface area contributed by atoms with Gasteiger partial charge < -0.3 is 20.4 Å². The molecule has 1 saturated heterocycles. The summed E-state index contributed by atoms with van der Waals surface area (Å²) in [6.45, 7) is 6.12. The lowest BCUT2D eigenvalue weighted by Crippen LogP contribution is -2.45. The molecule has 2 aromatic rings. The first-order valence-corrected chi connectivity index (χ1v) is 11.5. The van der Waals surface area contributed by atoms with Gasteiger partial charge in [-0.15, -0.1) is 0 Å². The standard InChI is InChI=1S/C24H28N4O2S/c1-27-13-15-28(16-14-27)12-4-11-25-23(29)19-9-7-18(8-10-19)17-22-24(30)26-20-5-2-3-6-21(20)31-22/h2-3,5-10,17H,4,11-16H2,1H3,(H,25,29)(H,26,30)/b22-17+. The fraction of sp³-hybridized carbons (Fsp3) is 0.333. The number of nitrogens with one attached hydrogen (secondary N) is 2. The summed E-state index contributed by atoms with van der Waals surface area (Å²) in [6.07, 6.45) is 2.81. The van der Waals surface area contributed by atoms with Crippen LogP contribution in [0.4, 0.5) is 5.69 Å². The molecule has 0 bridgehead atoms. The van der Waals surface area contributed by atoms with Crippen LogP contribution in [0.25, 0.3) is 6.08 Å². The zero-order valence-electron chi connectivity index (χ0n) is 17.8. The molecule has 7 heteroatoms. The number of anilines is 1. The summed E-state index contributed by atoms with van der Waals surface area (Å²) >= 11 is 1.46. The molecule has 0 saturated carbocycles. The Bertz CT molecular complexity index is 966. The molecule has 2 heterocycles. The van der Waals surface area contributed by atoms with Crippen molar-refractivity contribution in [2.24, 2.45) is 0 Å². The maximum absolute atomic E-state index is 12.4. The number of carbonyl (C=O) groups excluding carboxylic acids is 2. The summed E-state index contributed by atoms with van der Waals surface area (Å²) in [5, 5.41) is 5.92. The number of hydrogen-bond donors (Lipinski definition) is 2. The van der Waals surface area contributed by atoms with Gasteiger partial charge >= 0.3 is 0 Å². The van der Waals surface area contributed by atoms with E-state index in [0.29, 0.717) is 17.0 Å². The monoisotopic (exact) mass is 436 g/mol. The molecule has 2 aliphatic heterocycles. The van der Waals surface area contributed by atoms with Crippen molar-refractivity contribution in [3.05, 3.63) is 64.6 Å². The number of rotatable bonds is 6. The van der Waals surface area contributed by atoms with Gasteiger partial charge in [-0.05, 0) is 55.9 Å². The minimum Gasteiger partial charge on any atom is -0.352 e. The summed E-state index contributed by atoms with van der Waals surface area (Å²) in [6, 6.07) is 15.1. The van der Waals surface area contributed by atoms with Crippen LogP contribution in [0.5, 0.6) is 0 Å². The lowest BCUT2D eigenvalue weighted by atomic mass is 10.1. The van der Waals surface area contributed by atoms with Crippen LogP contribution in [0.2, 0.25) is 0 Å². The largest absolute Gasteiger partial charge is 0.352 e. The molecule has 2 N–H and O–H groups in total. The smallest absolute Gasteiger partial charge is 0.262 e. The first-order valence-electron chi connectivity index (χ1n) is 10.7. The Balaban J connectivity index is 1.27. The molecular formula is C24H28N4O2S. The Kier molecular flexibility index (Phi) is 7.06. The Hall–Kier alpha value is -2.61. The highest BCUT2D eigenvalue weighted by atomic mass is 32.2. The fourth-order valence-electron chi connectivity index (χ4n) is 3.66. The van der Waals surface area contributed by atoms with E-state index in [1.165, 1.54) is 11.8 Å². The Labute approximate surface area is 187 Å². The van der Waals surface area contributed by atoms with Crippen molar-refractivity contribution in [3.63, 3.8) is 0 Å². The minimum atomic E-state index is -0.106. The molecule has 162 valence electrons. The highest BCUT2D eigenvalue weighted by molar-refractivity contribution is 8.04. The first-order chi connectivity index (χ1) is 15.1. The summed E-state index contributed by atoms with van der Waals surface area (Å²) in [5.41, 5.74) is 2.37. The maximum atomic E-state index is 12.4. The van der Waals surface area contributed by atoms with Crippen molar-refractivity contribution in [3.8, 4) is 0 Å². The second kappa shape index (κ2) is 10.1. The van der Waals surface area contributed by atoms with Crippen LogP contribution in [-0.4, -0.2) is 67.9 Å². The fourth-order valence-corrected chi connectivity index (χ4v) is 4.61. The van der Waals surface area contributed by atoms with Gasteiger partial charge in [0, 0.05) is 43.2 Å². The summed E-state index contributed by atoms with van der Waals surface area (Å²) in [4.78, 5) is 31.2. The van der Waals surface area contributed by atoms with Gasteiger partial charge in [-0.3, -0.25) is 9.59 Å². The molecule has 0 unspecified atom stereocenters. The molecule has 1 fully saturated rings. The van der Waals surface area contributed by atoms with Gasteiger partial charge in [-0.25, -0.2) is 0 Å². The molecule has 6 nitrogen and oxygen atoms in total. The third kappa shape index (κ3) is 5.76. The van der Waals surface area contributed by atoms with E-state index >= 15 is 0 Å². The number of piperazine rings is 1. The van der Waals surface area contributed by atoms with Gasteiger partial charge in [0.25, 0.3) is 11.8 Å². The van der Waals surface area contributed by atoms with E-state index in [9.17, 15) is 9.59 Å². The highest BCUT2D eigenvalue weighted by Gasteiger charge is 2.20. The third-order valence-electron chi connectivity index (χ3n) is 5.58. The quantitative estimate of drug-likeness (QED) is 0.538. The van der Waals surface area contributed by atoms with Crippen molar-refractivity contribution >= 4 is 35.3 Å². The number of carbonyl (C=O) groups is 2. The maximum Gasteiger partial charge on any atom is 0.262 e. The van der Waals surface area contributed by atoms with Crippen LogP contribution in [0.1, 0.15) is 22.3 Å². The predicted molar refractivity (Wildman–Crippen MR) is 126 cm³/mol. The molecule has 0 spiro atoms. The van der Waals surface area contributed by atoms with Crippen LogP contribution < -0.4 is 10.6 Å². The summed E-state index contributed by atoms with van der Waals surface area (Å²) < 4.78 is 0. The molecule has 4 rings (SSSR count). The van der Waals surface area contributed by atoms with E-state index in [2.05, 4.69) is 27.5 Å². The lowest BCUT2D eigenvalue weighted by molar-refractivity contribution is -0.112. The Morgan fingerprint density at radius 1 is 1.10 bits per heavy atom. The van der Waals surface area contributed by atoms with Crippen LogP contribution in [0.15, 0.2) is 58.3 Å². The number of fused-ring (bicyclic) bond motifs is 1. The van der Waals surface area contributed by atoms with Crippen molar-refractivity contribution in [2.45, 2.75) is 11.3 Å². The molecule has 2 aliphatic rings. The normalized spacial score (nSPS) is 18.5. The van der Waals surface area contributed by atoms with E-state index in [1.54, 1.807) is 0 Å². The lowest BCUT2D eigenvalue weighted by Gasteiger charge is -2.32. The van der Waals surface area contributed by atoms with Crippen LogP contribution >= 0.6 is 11.8 Å². The van der Waals surface area contributed by atoms with Crippen LogP contribution in [0, 0.1) is 0 Å². The molecule has 2 amide bonds. The van der Waals surface area contributed by atoms with E-state index in [0.717, 1.165) is 55.3 Å². The van der Waals surface area contributed by atoms with Gasteiger partial charge in [0.2, 0.25) is 0 Å². The van der Waals surface area contributed by atoms with Gasteiger partial charge in [0.15, 0.2) is 0 Å². The predicted octanol–water partition coefficient (Wildman–Crippen LogP) is 3.14. The molecule has 0 radical (unpaired) electrons. The molecular weight excluding hydrogens is 408 g/mol. The van der Waals surface area contributed by atoms with Gasteiger partial charge in [0.1, 0.15) is 0 Å². The zero-order chi connectivity index (χ0) is 21.6. The third-order valence-corrected chi connectivity index (χ3v) is 6.68. The number of para-hydroxylation sites is 1. The van der Waals surface area contributed by atoms with E-state index < -0.39 is 0 Å².